The van der Waals surface area contributed by atoms with Crippen molar-refractivity contribution in [3.05, 3.63) is 82.4 Å². The second-order valence-electron chi connectivity index (χ2n) is 8.36. The number of allylic oxidation sites excluding steroid dienone is 1. The van der Waals surface area contributed by atoms with Gasteiger partial charge in [0.25, 0.3) is 0 Å². The monoisotopic (exact) mass is 472 g/mol. The Bertz CT molecular complexity index is 961. The average Bonchev–Trinajstić information content (AvgIpc) is 2.77. The first-order valence-electron chi connectivity index (χ1n) is 11.0. The molecule has 6 heteroatoms. The lowest BCUT2D eigenvalue weighted by Gasteiger charge is -2.48. The smallest absolute Gasteiger partial charge is 0.226 e. The lowest BCUT2D eigenvalue weighted by Crippen LogP contribution is -2.54. The molecular weight excluding hydrogens is 443 g/mol. The van der Waals surface area contributed by atoms with E-state index in [0.717, 1.165) is 17.5 Å². The Kier molecular flexibility index (Phi) is 8.38. The van der Waals surface area contributed by atoms with Gasteiger partial charge in [0, 0.05) is 41.4 Å². The van der Waals surface area contributed by atoms with Crippen LogP contribution in [0, 0.1) is 5.92 Å². The lowest BCUT2D eigenvalue weighted by molar-refractivity contribution is -0.147. The van der Waals surface area contributed by atoms with Crippen LogP contribution in [0.15, 0.2) is 61.2 Å². The Morgan fingerprint density at radius 2 is 1.91 bits per heavy atom. The molecule has 4 nitrogen and oxygen atoms in total. The number of nitrogens with zero attached hydrogens (tertiary/aromatic N) is 1. The van der Waals surface area contributed by atoms with E-state index in [1.54, 1.807) is 0 Å². The summed E-state index contributed by atoms with van der Waals surface area (Å²) in [5.41, 5.74) is 2.12. The minimum atomic E-state index is -0.196. The summed E-state index contributed by atoms with van der Waals surface area (Å²) in [7, 11) is 0. The Morgan fingerprint density at radius 3 is 2.50 bits per heavy atom. The van der Waals surface area contributed by atoms with Crippen molar-refractivity contribution in [3.63, 3.8) is 0 Å². The van der Waals surface area contributed by atoms with E-state index < -0.39 is 0 Å². The standard InChI is InChI=1S/C26H30Cl2N2O2/c1-4-7-20-15-24(19-8-6-9-22(28)14-19)25(18-10-12-21(27)13-11-18)30(26(20)32)23(5-2)16-29-17(3)31/h4,6,8-14,20,23-25H,1,5,7,15-16H2,2-3H3,(H,29,31). The molecule has 1 aliphatic heterocycles. The minimum absolute atomic E-state index is 0.0453. The molecule has 0 radical (unpaired) electrons. The zero-order valence-electron chi connectivity index (χ0n) is 18.6. The van der Waals surface area contributed by atoms with Crippen LogP contribution in [0.4, 0.5) is 0 Å². The van der Waals surface area contributed by atoms with E-state index >= 15 is 0 Å². The van der Waals surface area contributed by atoms with Gasteiger partial charge in [-0.25, -0.2) is 0 Å². The van der Waals surface area contributed by atoms with E-state index in [-0.39, 0.29) is 35.7 Å². The first-order valence-corrected chi connectivity index (χ1v) is 11.8. The molecule has 0 aromatic heterocycles. The third-order valence-corrected chi connectivity index (χ3v) is 6.70. The van der Waals surface area contributed by atoms with Crippen LogP contribution >= 0.6 is 23.2 Å². The summed E-state index contributed by atoms with van der Waals surface area (Å²) < 4.78 is 0. The van der Waals surface area contributed by atoms with Crippen molar-refractivity contribution in [2.45, 2.75) is 51.1 Å². The maximum Gasteiger partial charge on any atom is 0.226 e. The van der Waals surface area contributed by atoms with Crippen LogP contribution in [0.25, 0.3) is 0 Å². The van der Waals surface area contributed by atoms with Crippen molar-refractivity contribution in [2.75, 3.05) is 6.54 Å². The first-order chi connectivity index (χ1) is 15.3. The van der Waals surface area contributed by atoms with E-state index in [0.29, 0.717) is 29.4 Å². The predicted molar refractivity (Wildman–Crippen MR) is 131 cm³/mol. The molecule has 2 aromatic rings. The molecule has 0 saturated carbocycles. The van der Waals surface area contributed by atoms with Gasteiger partial charge in [0.15, 0.2) is 0 Å². The maximum absolute atomic E-state index is 13.8. The second kappa shape index (κ2) is 11.0. The normalized spacial score (nSPS) is 21.8. The number of benzene rings is 2. The number of carbonyl (C=O) groups excluding carboxylic acids is 2. The van der Waals surface area contributed by atoms with E-state index in [2.05, 4.69) is 18.0 Å². The SMILES string of the molecule is C=CCC1CC(c2cccc(Cl)c2)C(c2ccc(Cl)cc2)N(C(CC)CNC(C)=O)C1=O. The number of piperidine rings is 1. The molecule has 2 amide bonds. The number of nitrogens with one attached hydrogen (secondary N) is 1. The molecule has 4 atom stereocenters. The van der Waals surface area contributed by atoms with Crippen LogP contribution < -0.4 is 5.32 Å². The average molecular weight is 473 g/mol. The Labute approximate surface area is 200 Å². The molecule has 1 fully saturated rings. The number of hydrogen-bond donors (Lipinski definition) is 1. The maximum atomic E-state index is 13.8. The van der Waals surface area contributed by atoms with Gasteiger partial charge in [0.2, 0.25) is 11.8 Å². The van der Waals surface area contributed by atoms with Gasteiger partial charge in [-0.2, -0.15) is 0 Å². The van der Waals surface area contributed by atoms with Gasteiger partial charge < -0.3 is 10.2 Å². The van der Waals surface area contributed by atoms with E-state index in [1.165, 1.54) is 6.92 Å². The number of hydrogen-bond acceptors (Lipinski definition) is 2. The Morgan fingerprint density at radius 1 is 1.19 bits per heavy atom. The third kappa shape index (κ3) is 5.54. The molecular formula is C26H30Cl2N2O2. The molecule has 2 aromatic carbocycles. The summed E-state index contributed by atoms with van der Waals surface area (Å²) >= 11 is 12.5. The fraction of sp³-hybridized carbons (Fsp3) is 0.385. The van der Waals surface area contributed by atoms with Crippen molar-refractivity contribution in [1.29, 1.82) is 0 Å². The molecule has 4 unspecified atom stereocenters. The van der Waals surface area contributed by atoms with Crippen LogP contribution in [0.3, 0.4) is 0 Å². The van der Waals surface area contributed by atoms with Gasteiger partial charge in [0.1, 0.15) is 0 Å². The molecule has 1 saturated heterocycles. The van der Waals surface area contributed by atoms with Crippen molar-refractivity contribution in [2.24, 2.45) is 5.92 Å². The second-order valence-corrected chi connectivity index (χ2v) is 9.23. The quantitative estimate of drug-likeness (QED) is 0.467. The third-order valence-electron chi connectivity index (χ3n) is 6.21. The highest BCUT2D eigenvalue weighted by molar-refractivity contribution is 6.30. The summed E-state index contributed by atoms with van der Waals surface area (Å²) in [4.78, 5) is 27.4. The summed E-state index contributed by atoms with van der Waals surface area (Å²) in [6, 6.07) is 15.2. The van der Waals surface area contributed by atoms with Crippen LogP contribution in [0.2, 0.25) is 10.0 Å². The number of rotatable bonds is 8. The summed E-state index contributed by atoms with van der Waals surface area (Å²) in [6.07, 6.45) is 3.84. The van der Waals surface area contributed by atoms with Gasteiger partial charge in [-0.05, 0) is 54.7 Å². The predicted octanol–water partition coefficient (Wildman–Crippen LogP) is 6.16. The van der Waals surface area contributed by atoms with Crippen LogP contribution in [-0.2, 0) is 9.59 Å². The van der Waals surface area contributed by atoms with Gasteiger partial charge in [-0.3, -0.25) is 9.59 Å². The molecule has 0 aliphatic carbocycles. The van der Waals surface area contributed by atoms with Gasteiger partial charge >= 0.3 is 0 Å². The summed E-state index contributed by atoms with van der Waals surface area (Å²) in [5.74, 6) is -0.138. The molecule has 1 heterocycles. The summed E-state index contributed by atoms with van der Waals surface area (Å²) in [6.45, 7) is 7.82. The molecule has 3 rings (SSSR count). The van der Waals surface area contributed by atoms with Crippen LogP contribution in [0.5, 0.6) is 0 Å². The Hall–Kier alpha value is -2.30. The largest absolute Gasteiger partial charge is 0.354 e. The number of carbonyl (C=O) groups is 2. The summed E-state index contributed by atoms with van der Waals surface area (Å²) in [5, 5.41) is 4.23. The van der Waals surface area contributed by atoms with Gasteiger partial charge in [-0.1, -0.05) is 60.5 Å². The fourth-order valence-electron chi connectivity index (χ4n) is 4.69. The molecule has 1 N–H and O–H groups in total. The molecule has 32 heavy (non-hydrogen) atoms. The van der Waals surface area contributed by atoms with Gasteiger partial charge in [-0.15, -0.1) is 6.58 Å². The highest BCUT2D eigenvalue weighted by Crippen LogP contribution is 2.47. The molecule has 170 valence electrons. The number of halogens is 2. The van der Waals surface area contributed by atoms with Crippen molar-refractivity contribution >= 4 is 35.0 Å². The van der Waals surface area contributed by atoms with Gasteiger partial charge in [0.05, 0.1) is 6.04 Å². The molecule has 0 spiro atoms. The van der Waals surface area contributed by atoms with Crippen LogP contribution in [0.1, 0.15) is 56.2 Å². The molecule has 1 aliphatic rings. The molecule has 0 bridgehead atoms. The fourth-order valence-corrected chi connectivity index (χ4v) is 5.02. The zero-order valence-corrected chi connectivity index (χ0v) is 20.1. The Balaban J connectivity index is 2.14. The number of amides is 2. The van der Waals surface area contributed by atoms with E-state index in [4.69, 9.17) is 23.2 Å². The number of likely N-dealkylation sites (tertiary alicyclic amines) is 1. The lowest BCUT2D eigenvalue weighted by atomic mass is 9.74. The highest BCUT2D eigenvalue weighted by Gasteiger charge is 2.45. The van der Waals surface area contributed by atoms with E-state index in [9.17, 15) is 9.59 Å². The van der Waals surface area contributed by atoms with E-state index in [1.807, 2.05) is 60.4 Å². The van der Waals surface area contributed by atoms with Crippen molar-refractivity contribution in [3.8, 4) is 0 Å². The van der Waals surface area contributed by atoms with Crippen molar-refractivity contribution in [1.82, 2.24) is 10.2 Å². The zero-order chi connectivity index (χ0) is 23.3. The first kappa shape index (κ1) is 24.3. The van der Waals surface area contributed by atoms with Crippen molar-refractivity contribution < 1.29 is 9.59 Å². The van der Waals surface area contributed by atoms with Crippen LogP contribution in [-0.4, -0.2) is 29.3 Å². The topological polar surface area (TPSA) is 49.4 Å². The highest BCUT2D eigenvalue weighted by atomic mass is 35.5. The minimum Gasteiger partial charge on any atom is -0.354 e.